The number of halogens is 1. The van der Waals surface area contributed by atoms with E-state index >= 15 is 0 Å². The highest BCUT2D eigenvalue weighted by Gasteiger charge is 2.17. The summed E-state index contributed by atoms with van der Waals surface area (Å²) in [6.45, 7) is 0.291. The summed E-state index contributed by atoms with van der Waals surface area (Å²) in [5.74, 6) is 1.11. The number of aldehydes is 1. The maximum absolute atomic E-state index is 13.1. The van der Waals surface area contributed by atoms with Crippen molar-refractivity contribution < 1.29 is 23.4 Å². The molecule has 0 saturated heterocycles. The van der Waals surface area contributed by atoms with E-state index in [4.69, 9.17) is 14.2 Å². The molecule has 0 amide bonds. The zero-order chi connectivity index (χ0) is 13.9. The first-order valence-corrected chi connectivity index (χ1v) is 6.02. The Kier molecular flexibility index (Phi) is 3.25. The predicted octanol–water partition coefficient (Wildman–Crippen LogP) is 2.95. The van der Waals surface area contributed by atoms with E-state index in [1.807, 2.05) is 0 Å². The number of carbonyl (C=O) groups excluding carboxylic acids is 1. The van der Waals surface area contributed by atoms with Gasteiger partial charge in [-0.1, -0.05) is 12.1 Å². The first kappa shape index (κ1) is 12.5. The minimum Gasteiger partial charge on any atom is -0.488 e. The van der Waals surface area contributed by atoms with Gasteiger partial charge in [0.2, 0.25) is 6.79 Å². The van der Waals surface area contributed by atoms with Crippen LogP contribution < -0.4 is 14.2 Å². The third-order valence-electron chi connectivity index (χ3n) is 2.92. The van der Waals surface area contributed by atoms with E-state index in [0.29, 0.717) is 34.7 Å². The molecule has 5 heteroatoms. The molecule has 0 atom stereocenters. The first-order valence-electron chi connectivity index (χ1n) is 6.02. The zero-order valence-corrected chi connectivity index (χ0v) is 10.5. The summed E-state index contributed by atoms with van der Waals surface area (Å²) in [4.78, 5) is 11.1. The van der Waals surface area contributed by atoms with Crippen molar-refractivity contribution in [1.29, 1.82) is 0 Å². The van der Waals surface area contributed by atoms with Gasteiger partial charge in [0.1, 0.15) is 18.2 Å². The molecule has 102 valence electrons. The number of ether oxygens (including phenoxy) is 3. The second kappa shape index (κ2) is 5.21. The van der Waals surface area contributed by atoms with Gasteiger partial charge in [-0.15, -0.1) is 0 Å². The number of hydrogen-bond acceptors (Lipinski definition) is 4. The standard InChI is InChI=1S/C15H11FO4/c16-12-3-1-2-10(4-12)8-18-13-6-15-14(19-9-20-15)5-11(13)7-17/h1-7H,8-9H2. The van der Waals surface area contributed by atoms with Gasteiger partial charge < -0.3 is 14.2 Å². The fourth-order valence-electron chi connectivity index (χ4n) is 1.94. The molecule has 3 rings (SSSR count). The molecule has 1 aliphatic rings. The van der Waals surface area contributed by atoms with E-state index in [1.54, 1.807) is 24.3 Å². The number of fused-ring (bicyclic) bond motifs is 1. The van der Waals surface area contributed by atoms with Crippen LogP contribution in [0.15, 0.2) is 36.4 Å². The Morgan fingerprint density at radius 1 is 1.20 bits per heavy atom. The van der Waals surface area contributed by atoms with Gasteiger partial charge in [0.15, 0.2) is 17.8 Å². The van der Waals surface area contributed by atoms with E-state index in [0.717, 1.165) is 0 Å². The summed E-state index contributed by atoms with van der Waals surface area (Å²) in [5.41, 5.74) is 1.05. The van der Waals surface area contributed by atoms with E-state index in [9.17, 15) is 9.18 Å². The Balaban J connectivity index is 1.82. The highest BCUT2D eigenvalue weighted by molar-refractivity contribution is 5.81. The molecule has 0 spiro atoms. The van der Waals surface area contributed by atoms with Crippen LogP contribution in [0.2, 0.25) is 0 Å². The Bertz CT molecular complexity index is 654. The molecule has 0 fully saturated rings. The summed E-state index contributed by atoms with van der Waals surface area (Å²) in [5, 5.41) is 0. The SMILES string of the molecule is O=Cc1cc2c(cc1OCc1cccc(F)c1)OCO2. The third kappa shape index (κ3) is 2.42. The van der Waals surface area contributed by atoms with E-state index < -0.39 is 0 Å². The largest absolute Gasteiger partial charge is 0.488 e. The van der Waals surface area contributed by atoms with Crippen LogP contribution in [-0.4, -0.2) is 13.1 Å². The molecule has 20 heavy (non-hydrogen) atoms. The topological polar surface area (TPSA) is 44.8 Å². The van der Waals surface area contributed by atoms with Gasteiger partial charge in [0.25, 0.3) is 0 Å². The average Bonchev–Trinajstić information content (AvgIpc) is 2.91. The molecule has 1 aliphatic heterocycles. The van der Waals surface area contributed by atoms with Crippen LogP contribution in [0.5, 0.6) is 17.2 Å². The van der Waals surface area contributed by atoms with Crippen molar-refractivity contribution in [2.75, 3.05) is 6.79 Å². The van der Waals surface area contributed by atoms with Crippen molar-refractivity contribution >= 4 is 6.29 Å². The van der Waals surface area contributed by atoms with Crippen LogP contribution in [0.3, 0.4) is 0 Å². The normalized spacial score (nSPS) is 12.2. The lowest BCUT2D eigenvalue weighted by molar-refractivity contribution is 0.111. The van der Waals surface area contributed by atoms with Gasteiger partial charge >= 0.3 is 0 Å². The fraction of sp³-hybridized carbons (Fsp3) is 0.133. The van der Waals surface area contributed by atoms with Crippen molar-refractivity contribution in [2.24, 2.45) is 0 Å². The smallest absolute Gasteiger partial charge is 0.231 e. The molecular formula is C15H11FO4. The van der Waals surface area contributed by atoms with Crippen LogP contribution in [0.4, 0.5) is 4.39 Å². The lowest BCUT2D eigenvalue weighted by Crippen LogP contribution is -1.99. The number of rotatable bonds is 4. The minimum absolute atomic E-state index is 0.126. The van der Waals surface area contributed by atoms with Crippen molar-refractivity contribution in [3.8, 4) is 17.2 Å². The molecule has 0 unspecified atom stereocenters. The van der Waals surface area contributed by atoms with Crippen LogP contribution in [-0.2, 0) is 6.61 Å². The number of benzene rings is 2. The Labute approximate surface area is 114 Å². The first-order chi connectivity index (χ1) is 9.76. The molecule has 0 radical (unpaired) electrons. The highest BCUT2D eigenvalue weighted by atomic mass is 19.1. The monoisotopic (exact) mass is 274 g/mol. The average molecular weight is 274 g/mol. The second-order valence-corrected chi connectivity index (χ2v) is 4.28. The summed E-state index contributed by atoms with van der Waals surface area (Å²) < 4.78 is 29.1. The lowest BCUT2D eigenvalue weighted by Gasteiger charge is -2.09. The van der Waals surface area contributed by atoms with E-state index in [-0.39, 0.29) is 19.2 Å². The van der Waals surface area contributed by atoms with Gasteiger partial charge in [-0.05, 0) is 23.8 Å². The summed E-state index contributed by atoms with van der Waals surface area (Å²) in [6, 6.07) is 9.26. The molecule has 0 N–H and O–H groups in total. The summed E-state index contributed by atoms with van der Waals surface area (Å²) in [6.07, 6.45) is 0.683. The van der Waals surface area contributed by atoms with E-state index in [1.165, 1.54) is 12.1 Å². The molecule has 2 aromatic rings. The van der Waals surface area contributed by atoms with Crippen LogP contribution in [0.25, 0.3) is 0 Å². The zero-order valence-electron chi connectivity index (χ0n) is 10.5. The molecule has 0 aromatic heterocycles. The number of hydrogen-bond donors (Lipinski definition) is 0. The molecule has 4 nitrogen and oxygen atoms in total. The molecular weight excluding hydrogens is 263 g/mol. The van der Waals surface area contributed by atoms with Gasteiger partial charge in [-0.3, -0.25) is 4.79 Å². The Hall–Kier alpha value is -2.56. The minimum atomic E-state index is -0.326. The quantitative estimate of drug-likeness (QED) is 0.804. The molecule has 1 heterocycles. The molecule has 0 saturated carbocycles. The van der Waals surface area contributed by atoms with Gasteiger partial charge in [0, 0.05) is 6.07 Å². The van der Waals surface area contributed by atoms with Crippen molar-refractivity contribution in [3.63, 3.8) is 0 Å². The molecule has 0 bridgehead atoms. The van der Waals surface area contributed by atoms with Gasteiger partial charge in [0.05, 0.1) is 5.56 Å². The van der Waals surface area contributed by atoms with Gasteiger partial charge in [-0.2, -0.15) is 0 Å². The highest BCUT2D eigenvalue weighted by Crippen LogP contribution is 2.37. The Morgan fingerprint density at radius 2 is 2.00 bits per heavy atom. The second-order valence-electron chi connectivity index (χ2n) is 4.28. The van der Waals surface area contributed by atoms with Crippen molar-refractivity contribution in [3.05, 3.63) is 53.3 Å². The predicted molar refractivity (Wildman–Crippen MR) is 68.7 cm³/mol. The van der Waals surface area contributed by atoms with Gasteiger partial charge in [-0.25, -0.2) is 4.39 Å². The number of carbonyl (C=O) groups is 1. The Morgan fingerprint density at radius 3 is 2.75 bits per heavy atom. The van der Waals surface area contributed by atoms with Crippen LogP contribution in [0, 0.1) is 5.82 Å². The maximum Gasteiger partial charge on any atom is 0.231 e. The molecule has 0 aliphatic carbocycles. The summed E-state index contributed by atoms with van der Waals surface area (Å²) in [7, 11) is 0. The van der Waals surface area contributed by atoms with Crippen molar-refractivity contribution in [1.82, 2.24) is 0 Å². The maximum atomic E-state index is 13.1. The summed E-state index contributed by atoms with van der Waals surface area (Å²) >= 11 is 0. The third-order valence-corrected chi connectivity index (χ3v) is 2.92. The van der Waals surface area contributed by atoms with Crippen LogP contribution in [0.1, 0.15) is 15.9 Å². The molecule has 2 aromatic carbocycles. The van der Waals surface area contributed by atoms with Crippen molar-refractivity contribution in [2.45, 2.75) is 6.61 Å². The fourth-order valence-corrected chi connectivity index (χ4v) is 1.94. The lowest BCUT2D eigenvalue weighted by atomic mass is 10.2. The van der Waals surface area contributed by atoms with E-state index in [2.05, 4.69) is 0 Å². The van der Waals surface area contributed by atoms with Crippen LogP contribution >= 0.6 is 0 Å².